The van der Waals surface area contributed by atoms with Gasteiger partial charge in [-0.1, -0.05) is 0 Å². The Hall–Kier alpha value is -1.75. The molecular weight excluding hydrogens is 234 g/mol. The van der Waals surface area contributed by atoms with Crippen molar-refractivity contribution in [1.29, 1.82) is 0 Å². The van der Waals surface area contributed by atoms with Gasteiger partial charge in [0.2, 0.25) is 0 Å². The minimum absolute atomic E-state index is 0.642. The van der Waals surface area contributed by atoms with Gasteiger partial charge in [-0.2, -0.15) is 0 Å². The Bertz CT molecular complexity index is 510. The van der Waals surface area contributed by atoms with Gasteiger partial charge in [-0.05, 0) is 19.1 Å². The number of ether oxygens (including phenoxy) is 1. The normalized spacial score (nSPS) is 10.2. The number of thiazole rings is 1. The predicted molar refractivity (Wildman–Crippen MR) is 71.6 cm³/mol. The lowest BCUT2D eigenvalue weighted by molar-refractivity contribution is 0.417. The van der Waals surface area contributed by atoms with E-state index in [2.05, 4.69) is 10.3 Å². The topological polar surface area (TPSA) is 60.2 Å². The average Bonchev–Trinajstić information content (AvgIpc) is 2.74. The van der Waals surface area contributed by atoms with Gasteiger partial charge in [0, 0.05) is 22.8 Å². The largest absolute Gasteiger partial charge is 0.495 e. The Labute approximate surface area is 104 Å². The number of hydrogen-bond acceptors (Lipinski definition) is 5. The fourth-order valence-corrected chi connectivity index (χ4v) is 2.21. The van der Waals surface area contributed by atoms with E-state index >= 15 is 0 Å². The Morgan fingerprint density at radius 2 is 2.29 bits per heavy atom. The van der Waals surface area contributed by atoms with Crippen LogP contribution in [0.3, 0.4) is 0 Å². The number of methoxy groups -OCH3 is 1. The standard InChI is InChI=1S/C12H15N3OS/c1-8-6-15-12(17-8)7-14-9-3-4-10(13)11(5-9)16-2/h3-6,14H,7,13H2,1-2H3. The second-order valence-electron chi connectivity index (χ2n) is 3.67. The van der Waals surface area contributed by atoms with Crippen molar-refractivity contribution in [3.8, 4) is 5.75 Å². The Kier molecular flexibility index (Phi) is 3.49. The fraction of sp³-hybridized carbons (Fsp3) is 0.250. The summed E-state index contributed by atoms with van der Waals surface area (Å²) in [4.78, 5) is 5.51. The number of rotatable bonds is 4. The van der Waals surface area contributed by atoms with Crippen molar-refractivity contribution in [2.24, 2.45) is 0 Å². The van der Waals surface area contributed by atoms with Crippen LogP contribution >= 0.6 is 11.3 Å². The minimum Gasteiger partial charge on any atom is -0.495 e. The van der Waals surface area contributed by atoms with Crippen molar-refractivity contribution in [2.45, 2.75) is 13.5 Å². The van der Waals surface area contributed by atoms with Crippen LogP contribution in [0.5, 0.6) is 5.75 Å². The maximum atomic E-state index is 5.75. The highest BCUT2D eigenvalue weighted by Crippen LogP contribution is 2.25. The molecule has 1 aromatic carbocycles. The minimum atomic E-state index is 0.642. The van der Waals surface area contributed by atoms with E-state index in [-0.39, 0.29) is 0 Å². The molecule has 4 nitrogen and oxygen atoms in total. The molecule has 1 aromatic heterocycles. The highest BCUT2D eigenvalue weighted by molar-refractivity contribution is 7.11. The van der Waals surface area contributed by atoms with Gasteiger partial charge in [0.1, 0.15) is 10.8 Å². The molecule has 0 spiro atoms. The van der Waals surface area contributed by atoms with Gasteiger partial charge in [0.25, 0.3) is 0 Å². The van der Waals surface area contributed by atoms with Gasteiger partial charge < -0.3 is 15.8 Å². The summed E-state index contributed by atoms with van der Waals surface area (Å²) in [7, 11) is 1.61. The number of aryl methyl sites for hydroxylation is 1. The van der Waals surface area contributed by atoms with E-state index in [0.29, 0.717) is 18.0 Å². The van der Waals surface area contributed by atoms with Crippen LogP contribution in [0.4, 0.5) is 11.4 Å². The van der Waals surface area contributed by atoms with E-state index in [9.17, 15) is 0 Å². The van der Waals surface area contributed by atoms with E-state index in [1.54, 1.807) is 18.4 Å². The summed E-state index contributed by atoms with van der Waals surface area (Å²) in [5.74, 6) is 0.685. The predicted octanol–water partition coefficient (Wildman–Crippen LogP) is 2.65. The van der Waals surface area contributed by atoms with Gasteiger partial charge in [-0.15, -0.1) is 11.3 Å². The molecule has 0 unspecified atom stereocenters. The molecule has 90 valence electrons. The monoisotopic (exact) mass is 249 g/mol. The highest BCUT2D eigenvalue weighted by Gasteiger charge is 2.02. The van der Waals surface area contributed by atoms with Crippen LogP contribution in [-0.2, 0) is 6.54 Å². The van der Waals surface area contributed by atoms with Gasteiger partial charge in [-0.25, -0.2) is 4.98 Å². The first-order chi connectivity index (χ1) is 8.19. The van der Waals surface area contributed by atoms with Gasteiger partial charge in [0.05, 0.1) is 19.3 Å². The zero-order chi connectivity index (χ0) is 12.3. The molecule has 0 aliphatic heterocycles. The van der Waals surface area contributed by atoms with Crippen LogP contribution in [-0.4, -0.2) is 12.1 Å². The summed E-state index contributed by atoms with van der Waals surface area (Å²) < 4.78 is 5.16. The molecule has 0 fully saturated rings. The van der Waals surface area contributed by atoms with E-state index < -0.39 is 0 Å². The molecule has 5 heteroatoms. The third kappa shape index (κ3) is 2.88. The molecule has 2 aromatic rings. The van der Waals surface area contributed by atoms with Crippen molar-refractivity contribution in [2.75, 3.05) is 18.2 Å². The zero-order valence-corrected chi connectivity index (χ0v) is 10.7. The molecule has 0 radical (unpaired) electrons. The van der Waals surface area contributed by atoms with Gasteiger partial charge >= 0.3 is 0 Å². The van der Waals surface area contributed by atoms with Crippen LogP contribution in [0.2, 0.25) is 0 Å². The highest BCUT2D eigenvalue weighted by atomic mass is 32.1. The molecule has 1 heterocycles. The summed E-state index contributed by atoms with van der Waals surface area (Å²) in [5.41, 5.74) is 7.37. The van der Waals surface area contributed by atoms with Crippen LogP contribution in [0.25, 0.3) is 0 Å². The molecule has 0 amide bonds. The van der Waals surface area contributed by atoms with Crippen LogP contribution in [0, 0.1) is 6.92 Å². The maximum Gasteiger partial charge on any atom is 0.143 e. The van der Waals surface area contributed by atoms with Crippen molar-refractivity contribution >= 4 is 22.7 Å². The van der Waals surface area contributed by atoms with E-state index in [1.807, 2.05) is 31.3 Å². The second kappa shape index (κ2) is 5.05. The molecule has 17 heavy (non-hydrogen) atoms. The number of aromatic nitrogens is 1. The third-order valence-corrected chi connectivity index (χ3v) is 3.26. The van der Waals surface area contributed by atoms with Crippen molar-refractivity contribution in [1.82, 2.24) is 4.98 Å². The first kappa shape index (κ1) is 11.7. The Morgan fingerprint density at radius 1 is 1.47 bits per heavy atom. The Morgan fingerprint density at radius 3 is 2.94 bits per heavy atom. The lowest BCUT2D eigenvalue weighted by Crippen LogP contribution is -2.00. The number of nitrogens with one attached hydrogen (secondary N) is 1. The van der Waals surface area contributed by atoms with Gasteiger partial charge in [0.15, 0.2) is 0 Å². The molecule has 0 saturated heterocycles. The third-order valence-electron chi connectivity index (χ3n) is 2.35. The summed E-state index contributed by atoms with van der Waals surface area (Å²) in [6.45, 7) is 2.76. The smallest absolute Gasteiger partial charge is 0.143 e. The summed E-state index contributed by atoms with van der Waals surface area (Å²) >= 11 is 1.69. The molecule has 0 bridgehead atoms. The van der Waals surface area contributed by atoms with Crippen molar-refractivity contribution < 1.29 is 4.74 Å². The molecule has 0 aliphatic carbocycles. The van der Waals surface area contributed by atoms with Crippen molar-refractivity contribution in [3.63, 3.8) is 0 Å². The number of nitrogens with zero attached hydrogens (tertiary/aromatic N) is 1. The van der Waals surface area contributed by atoms with E-state index in [0.717, 1.165) is 10.7 Å². The second-order valence-corrected chi connectivity index (χ2v) is 4.99. The van der Waals surface area contributed by atoms with E-state index in [1.165, 1.54) is 4.88 Å². The van der Waals surface area contributed by atoms with Crippen LogP contribution < -0.4 is 15.8 Å². The molecule has 0 saturated carbocycles. The van der Waals surface area contributed by atoms with E-state index in [4.69, 9.17) is 10.5 Å². The number of benzene rings is 1. The van der Waals surface area contributed by atoms with Crippen LogP contribution in [0.15, 0.2) is 24.4 Å². The number of nitrogens with two attached hydrogens (primary N) is 1. The molecule has 2 rings (SSSR count). The maximum absolute atomic E-state index is 5.75. The first-order valence-corrected chi connectivity index (χ1v) is 6.09. The fourth-order valence-electron chi connectivity index (χ4n) is 1.48. The number of anilines is 2. The molecular formula is C12H15N3OS. The Balaban J connectivity index is 2.04. The molecule has 3 N–H and O–H groups in total. The molecule has 0 atom stereocenters. The quantitative estimate of drug-likeness (QED) is 0.818. The van der Waals surface area contributed by atoms with Crippen LogP contribution in [0.1, 0.15) is 9.88 Å². The lowest BCUT2D eigenvalue weighted by Gasteiger charge is -2.08. The van der Waals surface area contributed by atoms with Gasteiger partial charge in [-0.3, -0.25) is 0 Å². The summed E-state index contributed by atoms with van der Waals surface area (Å²) in [5, 5.41) is 4.36. The lowest BCUT2D eigenvalue weighted by atomic mass is 10.2. The van der Waals surface area contributed by atoms with Crippen molar-refractivity contribution in [3.05, 3.63) is 34.3 Å². The average molecular weight is 249 g/mol. The molecule has 0 aliphatic rings. The first-order valence-electron chi connectivity index (χ1n) is 5.27. The summed E-state index contributed by atoms with van der Waals surface area (Å²) in [6, 6.07) is 5.64. The summed E-state index contributed by atoms with van der Waals surface area (Å²) in [6.07, 6.45) is 1.88. The SMILES string of the molecule is COc1cc(NCc2ncc(C)s2)ccc1N. The number of nitrogen functional groups attached to an aromatic ring is 1. The zero-order valence-electron chi connectivity index (χ0n) is 9.86. The number of hydrogen-bond donors (Lipinski definition) is 2.